The Hall–Kier alpha value is -1.98. The van der Waals surface area contributed by atoms with E-state index in [1.54, 1.807) is 24.3 Å². The van der Waals surface area contributed by atoms with E-state index in [4.69, 9.17) is 27.9 Å². The number of hydrogen-bond donors (Lipinski definition) is 1. The van der Waals surface area contributed by atoms with Crippen LogP contribution in [0.2, 0.25) is 10.0 Å². The topological polar surface area (TPSA) is 64.4 Å². The molecule has 2 aromatic rings. The van der Waals surface area contributed by atoms with Gasteiger partial charge in [0.15, 0.2) is 0 Å². The summed E-state index contributed by atoms with van der Waals surface area (Å²) in [5.74, 6) is 0.577. The van der Waals surface area contributed by atoms with Gasteiger partial charge in [-0.05, 0) is 24.3 Å². The van der Waals surface area contributed by atoms with E-state index in [1.165, 1.54) is 19.2 Å². The number of nitro groups is 1. The smallest absolute Gasteiger partial charge is 0.270 e. The molecular formula is C14H12Cl2N2O3. The van der Waals surface area contributed by atoms with Crippen molar-refractivity contribution in [3.05, 3.63) is 62.1 Å². The molecule has 2 rings (SSSR count). The number of non-ortho nitro benzene ring substituents is 1. The first kappa shape index (κ1) is 15.4. The van der Waals surface area contributed by atoms with Crippen molar-refractivity contribution in [2.75, 3.05) is 12.4 Å². The predicted molar refractivity (Wildman–Crippen MR) is 83.4 cm³/mol. The van der Waals surface area contributed by atoms with Gasteiger partial charge in [0.2, 0.25) is 0 Å². The predicted octanol–water partition coefficient (Wildman–Crippen LogP) is 4.52. The minimum absolute atomic E-state index is 0.0155. The summed E-state index contributed by atoms with van der Waals surface area (Å²) in [5, 5.41) is 14.9. The van der Waals surface area contributed by atoms with Crippen LogP contribution in [0.4, 0.5) is 11.4 Å². The summed E-state index contributed by atoms with van der Waals surface area (Å²) in [6.45, 7) is 0.364. The number of nitrogens with zero attached hydrogens (tertiary/aromatic N) is 1. The maximum absolute atomic E-state index is 10.8. The van der Waals surface area contributed by atoms with Crippen LogP contribution in [-0.2, 0) is 6.54 Å². The van der Waals surface area contributed by atoms with E-state index in [9.17, 15) is 10.1 Å². The lowest BCUT2D eigenvalue weighted by Crippen LogP contribution is -2.02. The van der Waals surface area contributed by atoms with E-state index in [0.717, 1.165) is 5.69 Å². The van der Waals surface area contributed by atoms with Gasteiger partial charge in [-0.15, -0.1) is 0 Å². The van der Waals surface area contributed by atoms with Gasteiger partial charge in [-0.25, -0.2) is 0 Å². The molecule has 0 unspecified atom stereocenters. The van der Waals surface area contributed by atoms with Crippen molar-refractivity contribution in [3.8, 4) is 5.75 Å². The number of benzene rings is 2. The van der Waals surface area contributed by atoms with Crippen molar-refractivity contribution in [1.82, 2.24) is 0 Å². The first-order valence-electron chi connectivity index (χ1n) is 6.01. The molecule has 0 radical (unpaired) electrons. The molecule has 7 heteroatoms. The molecule has 1 N–H and O–H groups in total. The van der Waals surface area contributed by atoms with Gasteiger partial charge in [-0.3, -0.25) is 10.1 Å². The second-order valence-corrected chi connectivity index (χ2v) is 5.05. The van der Waals surface area contributed by atoms with Gasteiger partial charge >= 0.3 is 0 Å². The fourth-order valence-electron chi connectivity index (χ4n) is 1.82. The highest BCUT2D eigenvalue weighted by Crippen LogP contribution is 2.27. The van der Waals surface area contributed by atoms with E-state index in [1.807, 2.05) is 0 Å². The number of hydrogen-bond acceptors (Lipinski definition) is 4. The van der Waals surface area contributed by atoms with Gasteiger partial charge < -0.3 is 10.1 Å². The number of halogens is 2. The van der Waals surface area contributed by atoms with E-state index in [0.29, 0.717) is 27.9 Å². The molecule has 0 spiro atoms. The van der Waals surface area contributed by atoms with Crippen LogP contribution in [-0.4, -0.2) is 12.0 Å². The largest absolute Gasteiger partial charge is 0.496 e. The zero-order valence-corrected chi connectivity index (χ0v) is 12.6. The van der Waals surface area contributed by atoms with Crippen molar-refractivity contribution in [3.63, 3.8) is 0 Å². The van der Waals surface area contributed by atoms with E-state index in [2.05, 4.69) is 5.32 Å². The van der Waals surface area contributed by atoms with E-state index < -0.39 is 4.92 Å². The third-order valence-corrected chi connectivity index (χ3v) is 3.62. The van der Waals surface area contributed by atoms with Crippen molar-refractivity contribution in [2.45, 2.75) is 6.54 Å². The number of nitro benzene ring substituents is 1. The van der Waals surface area contributed by atoms with Gasteiger partial charge in [-0.1, -0.05) is 23.2 Å². The van der Waals surface area contributed by atoms with Crippen LogP contribution in [0.5, 0.6) is 5.75 Å². The molecule has 5 nitrogen and oxygen atoms in total. The van der Waals surface area contributed by atoms with Gasteiger partial charge in [-0.2, -0.15) is 0 Å². The normalized spacial score (nSPS) is 10.2. The Morgan fingerprint density at radius 2 is 1.95 bits per heavy atom. The maximum Gasteiger partial charge on any atom is 0.270 e. The molecule has 0 aliphatic rings. The summed E-state index contributed by atoms with van der Waals surface area (Å²) in [7, 11) is 1.52. The lowest BCUT2D eigenvalue weighted by molar-refractivity contribution is -0.384. The maximum atomic E-state index is 10.8. The van der Waals surface area contributed by atoms with Crippen LogP contribution in [0, 0.1) is 10.1 Å². The minimum Gasteiger partial charge on any atom is -0.496 e. The van der Waals surface area contributed by atoms with Gasteiger partial charge in [0.25, 0.3) is 5.69 Å². The molecule has 0 aliphatic heterocycles. The van der Waals surface area contributed by atoms with E-state index >= 15 is 0 Å². The molecular weight excluding hydrogens is 315 g/mol. The molecule has 0 heterocycles. The fourth-order valence-corrected chi connectivity index (χ4v) is 2.12. The number of ether oxygens (including phenoxy) is 1. The summed E-state index contributed by atoms with van der Waals surface area (Å²) in [5.41, 5.74) is 1.46. The number of anilines is 1. The molecule has 0 atom stereocenters. The van der Waals surface area contributed by atoms with Crippen molar-refractivity contribution >= 4 is 34.6 Å². The minimum atomic E-state index is -0.442. The summed E-state index contributed by atoms with van der Waals surface area (Å²) in [6, 6.07) is 9.59. The average molecular weight is 327 g/mol. The molecule has 0 bridgehead atoms. The molecule has 2 aromatic carbocycles. The molecule has 110 valence electrons. The van der Waals surface area contributed by atoms with Crippen LogP contribution in [0.3, 0.4) is 0 Å². The van der Waals surface area contributed by atoms with Crippen LogP contribution in [0.15, 0.2) is 36.4 Å². The zero-order valence-electron chi connectivity index (χ0n) is 11.1. The van der Waals surface area contributed by atoms with Gasteiger partial charge in [0.1, 0.15) is 5.75 Å². The molecule has 0 fully saturated rings. The number of nitrogens with one attached hydrogen (secondary N) is 1. The summed E-state index contributed by atoms with van der Waals surface area (Å²) in [6.07, 6.45) is 0. The SMILES string of the molecule is COc1ccc([N+](=O)[O-])cc1CNc1ccc(Cl)c(Cl)c1. The highest BCUT2D eigenvalue weighted by atomic mass is 35.5. The average Bonchev–Trinajstić information content (AvgIpc) is 2.48. The van der Waals surface area contributed by atoms with Gasteiger partial charge in [0.05, 0.1) is 22.1 Å². The molecule has 21 heavy (non-hydrogen) atoms. The quantitative estimate of drug-likeness (QED) is 0.648. The van der Waals surface area contributed by atoms with Gasteiger partial charge in [0, 0.05) is 29.9 Å². The third kappa shape index (κ3) is 3.77. The molecule has 0 aliphatic carbocycles. The molecule has 0 amide bonds. The summed E-state index contributed by atoms with van der Waals surface area (Å²) >= 11 is 11.8. The van der Waals surface area contributed by atoms with Crippen LogP contribution >= 0.6 is 23.2 Å². The summed E-state index contributed by atoms with van der Waals surface area (Å²) < 4.78 is 5.20. The zero-order chi connectivity index (χ0) is 15.4. The fraction of sp³-hybridized carbons (Fsp3) is 0.143. The number of methoxy groups -OCH3 is 1. The standard InChI is InChI=1S/C14H12Cl2N2O3/c1-21-14-5-3-11(18(19)20)6-9(14)8-17-10-2-4-12(15)13(16)7-10/h2-7,17H,8H2,1H3. The molecule has 0 saturated heterocycles. The first-order chi connectivity index (χ1) is 10.0. The Balaban J connectivity index is 2.19. The summed E-state index contributed by atoms with van der Waals surface area (Å²) in [4.78, 5) is 10.4. The monoisotopic (exact) mass is 326 g/mol. The van der Waals surface area contributed by atoms with Crippen molar-refractivity contribution in [2.24, 2.45) is 0 Å². The Morgan fingerprint density at radius 1 is 1.19 bits per heavy atom. The van der Waals surface area contributed by atoms with Crippen molar-refractivity contribution < 1.29 is 9.66 Å². The molecule has 0 aromatic heterocycles. The molecule has 0 saturated carbocycles. The Labute approximate surface area is 131 Å². The van der Waals surface area contributed by atoms with Crippen LogP contribution < -0.4 is 10.1 Å². The second kappa shape index (κ2) is 6.65. The van der Waals surface area contributed by atoms with Crippen LogP contribution in [0.25, 0.3) is 0 Å². The van der Waals surface area contributed by atoms with E-state index in [-0.39, 0.29) is 5.69 Å². The van der Waals surface area contributed by atoms with Crippen LogP contribution in [0.1, 0.15) is 5.56 Å². The van der Waals surface area contributed by atoms with Crippen molar-refractivity contribution in [1.29, 1.82) is 0 Å². The lowest BCUT2D eigenvalue weighted by atomic mass is 10.1. The number of rotatable bonds is 5. The Kier molecular flexibility index (Phi) is 4.88. The second-order valence-electron chi connectivity index (χ2n) is 4.24. The first-order valence-corrected chi connectivity index (χ1v) is 6.77. The Bertz CT molecular complexity index is 677. The lowest BCUT2D eigenvalue weighted by Gasteiger charge is -2.11. The third-order valence-electron chi connectivity index (χ3n) is 2.88. The Morgan fingerprint density at radius 3 is 2.57 bits per heavy atom. The highest BCUT2D eigenvalue weighted by molar-refractivity contribution is 6.42. The highest BCUT2D eigenvalue weighted by Gasteiger charge is 2.11.